The monoisotopic (exact) mass is 266 g/mol. The smallest absolute Gasteiger partial charge is 0.397 e. The molecule has 0 saturated heterocycles. The van der Waals surface area contributed by atoms with Crippen LogP contribution >= 0.6 is 0 Å². The van der Waals surface area contributed by atoms with Gasteiger partial charge in [-0.1, -0.05) is 0 Å². The van der Waals surface area contributed by atoms with E-state index in [1.165, 1.54) is 0 Å². The second-order valence-corrected chi connectivity index (χ2v) is 2.20. The standard InChI is InChI=1S/C5F10O/c6-1(3(8,9)10)2(7)16-5(14,15)4(11,12)13. The third kappa shape index (κ3) is 3.45. The summed E-state index contributed by atoms with van der Waals surface area (Å²) in [4.78, 5) is 0. The molecule has 16 heavy (non-hydrogen) atoms. The van der Waals surface area contributed by atoms with Crippen LogP contribution in [0.2, 0.25) is 0 Å². The van der Waals surface area contributed by atoms with Crippen molar-refractivity contribution in [2.45, 2.75) is 18.5 Å². The van der Waals surface area contributed by atoms with E-state index >= 15 is 0 Å². The van der Waals surface area contributed by atoms with Crippen molar-refractivity contribution in [3.05, 3.63) is 11.8 Å². The highest BCUT2D eigenvalue weighted by atomic mass is 19.4. The molecule has 0 aliphatic heterocycles. The van der Waals surface area contributed by atoms with Crippen molar-refractivity contribution in [1.82, 2.24) is 0 Å². The van der Waals surface area contributed by atoms with Crippen molar-refractivity contribution in [3.63, 3.8) is 0 Å². The molecule has 96 valence electrons. The van der Waals surface area contributed by atoms with Crippen molar-refractivity contribution in [1.29, 1.82) is 0 Å². The summed E-state index contributed by atoms with van der Waals surface area (Å²) in [5.74, 6) is -3.82. The number of rotatable bonds is 2. The van der Waals surface area contributed by atoms with Gasteiger partial charge in [0.05, 0.1) is 0 Å². The van der Waals surface area contributed by atoms with Gasteiger partial charge in [-0.05, 0) is 0 Å². The molecule has 0 aliphatic carbocycles. The third-order valence-corrected chi connectivity index (χ3v) is 0.969. The molecule has 0 atom stereocenters. The van der Waals surface area contributed by atoms with Crippen LogP contribution in [0.5, 0.6) is 0 Å². The lowest BCUT2D eigenvalue weighted by Gasteiger charge is -2.19. The Kier molecular flexibility index (Phi) is 3.72. The number of hydrogen-bond donors (Lipinski definition) is 0. The molecule has 0 aliphatic rings. The van der Waals surface area contributed by atoms with Crippen LogP contribution in [0.15, 0.2) is 11.8 Å². The van der Waals surface area contributed by atoms with E-state index in [0.29, 0.717) is 0 Å². The number of ether oxygens (including phenoxy) is 1. The maximum atomic E-state index is 11.9. The third-order valence-electron chi connectivity index (χ3n) is 0.969. The van der Waals surface area contributed by atoms with Gasteiger partial charge in [0.2, 0.25) is 0 Å². The van der Waals surface area contributed by atoms with Gasteiger partial charge >= 0.3 is 24.5 Å². The molecule has 0 aromatic carbocycles. The maximum Gasteiger partial charge on any atom is 0.500 e. The Hall–Kier alpha value is -1.16. The predicted molar refractivity (Wildman–Crippen MR) is 27.4 cm³/mol. The highest BCUT2D eigenvalue weighted by molar-refractivity contribution is 5.00. The highest BCUT2D eigenvalue weighted by Crippen LogP contribution is 2.40. The largest absolute Gasteiger partial charge is 0.500 e. The lowest BCUT2D eigenvalue weighted by molar-refractivity contribution is -0.385. The van der Waals surface area contributed by atoms with E-state index in [1.807, 2.05) is 4.74 Å². The zero-order valence-corrected chi connectivity index (χ0v) is 6.69. The van der Waals surface area contributed by atoms with Crippen LogP contribution in [0, 0.1) is 0 Å². The Labute approximate surface area is 80.3 Å². The first kappa shape index (κ1) is 14.8. The first-order valence-electron chi connectivity index (χ1n) is 3.05. The van der Waals surface area contributed by atoms with Crippen LogP contribution in [0.4, 0.5) is 43.9 Å². The quantitative estimate of drug-likeness (QED) is 0.545. The summed E-state index contributed by atoms with van der Waals surface area (Å²) in [6.45, 7) is 0. The van der Waals surface area contributed by atoms with E-state index in [1.54, 1.807) is 0 Å². The fraction of sp³-hybridized carbons (Fsp3) is 0.600. The van der Waals surface area contributed by atoms with Crippen LogP contribution < -0.4 is 0 Å². The van der Waals surface area contributed by atoms with Crippen molar-refractivity contribution in [2.75, 3.05) is 0 Å². The maximum absolute atomic E-state index is 11.9. The molecule has 11 heteroatoms. The molecule has 0 heterocycles. The molecule has 0 N–H and O–H groups in total. The zero-order chi connectivity index (χ0) is 13.4. The lowest BCUT2D eigenvalue weighted by atomic mass is 10.5. The molecular weight excluding hydrogens is 266 g/mol. The van der Waals surface area contributed by atoms with Gasteiger partial charge in [0, 0.05) is 0 Å². The van der Waals surface area contributed by atoms with Crippen molar-refractivity contribution < 1.29 is 48.6 Å². The fourth-order valence-corrected chi connectivity index (χ4v) is 0.327. The zero-order valence-electron chi connectivity index (χ0n) is 6.69. The molecule has 0 bridgehead atoms. The summed E-state index contributed by atoms with van der Waals surface area (Å²) in [7, 11) is 0. The molecule has 0 radical (unpaired) electrons. The van der Waals surface area contributed by atoms with Gasteiger partial charge in [-0.15, -0.1) is 0 Å². The van der Waals surface area contributed by atoms with Crippen LogP contribution in [0.3, 0.4) is 0 Å². The van der Waals surface area contributed by atoms with Crippen molar-refractivity contribution >= 4 is 0 Å². The highest BCUT2D eigenvalue weighted by Gasteiger charge is 2.62. The molecule has 0 saturated carbocycles. The second kappa shape index (κ2) is 4.01. The van der Waals surface area contributed by atoms with Crippen molar-refractivity contribution in [3.8, 4) is 0 Å². The topological polar surface area (TPSA) is 9.23 Å². The minimum absolute atomic E-state index is 1.95. The minimum Gasteiger partial charge on any atom is -0.397 e. The van der Waals surface area contributed by atoms with Crippen LogP contribution in [0.1, 0.15) is 0 Å². The number of halogens is 10. The van der Waals surface area contributed by atoms with E-state index < -0.39 is 30.3 Å². The summed E-state index contributed by atoms with van der Waals surface area (Å²) in [6, 6.07) is -3.70. The first-order valence-corrected chi connectivity index (χ1v) is 3.05. The van der Waals surface area contributed by atoms with Crippen LogP contribution in [-0.4, -0.2) is 18.5 Å². The molecule has 0 aromatic rings. The molecule has 0 spiro atoms. The molecule has 0 unspecified atom stereocenters. The fourth-order valence-electron chi connectivity index (χ4n) is 0.327. The summed E-state index contributed by atoms with van der Waals surface area (Å²) in [5, 5.41) is 0. The van der Waals surface area contributed by atoms with Crippen molar-refractivity contribution in [2.24, 2.45) is 0 Å². The Bertz CT molecular complexity index is 283. The lowest BCUT2D eigenvalue weighted by Crippen LogP contribution is -2.38. The SMILES string of the molecule is FC(OC(F)(F)C(F)(F)F)=C(F)C(F)(F)F. The van der Waals surface area contributed by atoms with Gasteiger partial charge in [0.1, 0.15) is 0 Å². The Morgan fingerprint density at radius 1 is 0.750 bits per heavy atom. The summed E-state index contributed by atoms with van der Waals surface area (Å²) in [5.41, 5.74) is 0. The van der Waals surface area contributed by atoms with E-state index in [0.717, 1.165) is 0 Å². The molecule has 0 rings (SSSR count). The summed E-state index contributed by atoms with van der Waals surface area (Å²) < 4.78 is 117. The number of allylic oxidation sites excluding steroid dienone is 1. The molecular formula is C5F10O. The Balaban J connectivity index is 5.02. The van der Waals surface area contributed by atoms with E-state index in [-0.39, 0.29) is 0 Å². The van der Waals surface area contributed by atoms with Gasteiger partial charge in [-0.3, -0.25) is 0 Å². The van der Waals surface area contributed by atoms with E-state index in [2.05, 4.69) is 0 Å². The first-order chi connectivity index (χ1) is 6.79. The average molecular weight is 266 g/mol. The van der Waals surface area contributed by atoms with E-state index in [9.17, 15) is 43.9 Å². The van der Waals surface area contributed by atoms with E-state index in [4.69, 9.17) is 0 Å². The molecule has 0 amide bonds. The van der Waals surface area contributed by atoms with Gasteiger partial charge in [-0.2, -0.15) is 43.9 Å². The van der Waals surface area contributed by atoms with Crippen LogP contribution in [-0.2, 0) is 4.74 Å². The Morgan fingerprint density at radius 3 is 1.38 bits per heavy atom. The summed E-state index contributed by atoms with van der Waals surface area (Å²) in [6.07, 6.45) is -18.8. The van der Waals surface area contributed by atoms with Gasteiger partial charge in [-0.25, -0.2) is 0 Å². The second-order valence-electron chi connectivity index (χ2n) is 2.20. The van der Waals surface area contributed by atoms with Gasteiger partial charge in [0.15, 0.2) is 0 Å². The average Bonchev–Trinajstić information content (AvgIpc) is 1.97. The van der Waals surface area contributed by atoms with Gasteiger partial charge in [0.25, 0.3) is 5.83 Å². The summed E-state index contributed by atoms with van der Waals surface area (Å²) >= 11 is 0. The molecule has 1 nitrogen and oxygen atoms in total. The minimum atomic E-state index is -6.48. The molecule has 0 aromatic heterocycles. The number of alkyl halides is 8. The normalized spacial score (nSPS) is 15.9. The van der Waals surface area contributed by atoms with Gasteiger partial charge < -0.3 is 4.74 Å². The predicted octanol–water partition coefficient (Wildman–Crippen LogP) is 3.83. The molecule has 0 fully saturated rings. The van der Waals surface area contributed by atoms with Crippen LogP contribution in [0.25, 0.3) is 0 Å². The number of hydrogen-bond acceptors (Lipinski definition) is 1. The Morgan fingerprint density at radius 2 is 1.12 bits per heavy atom.